The van der Waals surface area contributed by atoms with E-state index < -0.39 is 43.4 Å². The highest BCUT2D eigenvalue weighted by Crippen LogP contribution is 2.08. The predicted octanol–water partition coefficient (Wildman–Crippen LogP) is -1.39. The maximum atomic E-state index is 11.4. The molecule has 0 aliphatic rings. The molecular formula is C16H14O9Si2. The standard InChI is InChI=1S/C16H14O9Si2/c17-13(18)7-3-1-5-9(11(7)15(21)22)26-25-27-10-6-2-4-8(14(19)20)12(10)16(23)24/h1-6H,26-27H2,(H,17,18)(H,19,20)(H,21,22)(H,23,24). The molecule has 0 aliphatic carbocycles. The molecule has 0 saturated carbocycles. The lowest BCUT2D eigenvalue weighted by Gasteiger charge is -2.11. The van der Waals surface area contributed by atoms with Crippen LogP contribution in [0.5, 0.6) is 0 Å². The van der Waals surface area contributed by atoms with E-state index in [4.69, 9.17) is 14.3 Å². The molecule has 0 spiro atoms. The Morgan fingerprint density at radius 2 is 1.00 bits per heavy atom. The molecule has 0 aromatic heterocycles. The highest BCUT2D eigenvalue weighted by Gasteiger charge is 2.22. The van der Waals surface area contributed by atoms with Gasteiger partial charge in [-0.3, -0.25) is 0 Å². The van der Waals surface area contributed by atoms with Crippen molar-refractivity contribution in [3.63, 3.8) is 0 Å². The van der Waals surface area contributed by atoms with Crippen molar-refractivity contribution < 1.29 is 43.7 Å². The van der Waals surface area contributed by atoms with Gasteiger partial charge in [-0.15, -0.1) is 0 Å². The van der Waals surface area contributed by atoms with Crippen LogP contribution in [0.25, 0.3) is 0 Å². The van der Waals surface area contributed by atoms with Crippen LogP contribution in [0, 0.1) is 0 Å². The van der Waals surface area contributed by atoms with E-state index in [0.29, 0.717) is 0 Å². The van der Waals surface area contributed by atoms with Gasteiger partial charge in [0.15, 0.2) is 19.5 Å². The summed E-state index contributed by atoms with van der Waals surface area (Å²) < 4.78 is 5.62. The molecule has 0 bridgehead atoms. The molecule has 0 atom stereocenters. The van der Waals surface area contributed by atoms with Crippen LogP contribution in [-0.4, -0.2) is 63.8 Å². The molecule has 0 unspecified atom stereocenters. The van der Waals surface area contributed by atoms with Gasteiger partial charge in [-0.1, -0.05) is 24.3 Å². The Bertz CT molecular complexity index is 864. The molecule has 2 rings (SSSR count). The first-order chi connectivity index (χ1) is 12.7. The van der Waals surface area contributed by atoms with Crippen LogP contribution < -0.4 is 10.4 Å². The average Bonchev–Trinajstić information content (AvgIpc) is 2.60. The minimum absolute atomic E-state index is 0.265. The average molecular weight is 406 g/mol. The van der Waals surface area contributed by atoms with E-state index in [-0.39, 0.29) is 32.6 Å². The Hall–Kier alpha value is -3.29. The molecule has 0 radical (unpaired) electrons. The third kappa shape index (κ3) is 4.47. The molecule has 9 nitrogen and oxygen atoms in total. The van der Waals surface area contributed by atoms with Gasteiger partial charge in [-0.2, -0.15) is 0 Å². The van der Waals surface area contributed by atoms with Gasteiger partial charge in [-0.25, -0.2) is 19.2 Å². The highest BCUT2D eigenvalue weighted by molar-refractivity contribution is 6.62. The fourth-order valence-corrected chi connectivity index (χ4v) is 6.18. The van der Waals surface area contributed by atoms with Gasteiger partial charge in [-0.05, 0) is 22.5 Å². The fraction of sp³-hybridized carbons (Fsp3) is 0. The summed E-state index contributed by atoms with van der Waals surface area (Å²) >= 11 is 0. The summed E-state index contributed by atoms with van der Waals surface area (Å²) in [5.41, 5.74) is -1.39. The van der Waals surface area contributed by atoms with Crippen LogP contribution in [0.1, 0.15) is 41.4 Å². The lowest BCUT2D eigenvalue weighted by Crippen LogP contribution is -2.33. The van der Waals surface area contributed by atoms with Crippen molar-refractivity contribution in [1.82, 2.24) is 0 Å². The van der Waals surface area contributed by atoms with Crippen LogP contribution in [0.2, 0.25) is 0 Å². The van der Waals surface area contributed by atoms with Crippen LogP contribution in [0.3, 0.4) is 0 Å². The van der Waals surface area contributed by atoms with Crippen molar-refractivity contribution in [1.29, 1.82) is 0 Å². The Balaban J connectivity index is 2.28. The summed E-state index contributed by atoms with van der Waals surface area (Å²) in [6.07, 6.45) is 0. The van der Waals surface area contributed by atoms with Crippen molar-refractivity contribution in [2.75, 3.05) is 0 Å². The van der Waals surface area contributed by atoms with Crippen molar-refractivity contribution in [2.45, 2.75) is 0 Å². The monoisotopic (exact) mass is 406 g/mol. The maximum absolute atomic E-state index is 11.4. The molecule has 2 aromatic rings. The number of carboxylic acid groups (broad SMARTS) is 4. The third-order valence-electron chi connectivity index (χ3n) is 3.71. The molecule has 2 aromatic carbocycles. The molecule has 0 aliphatic heterocycles. The second-order valence-electron chi connectivity index (χ2n) is 5.39. The normalized spacial score (nSPS) is 11.3. The lowest BCUT2D eigenvalue weighted by atomic mass is 10.1. The molecule has 27 heavy (non-hydrogen) atoms. The number of hydrogen-bond donors (Lipinski definition) is 4. The number of carboxylic acids is 4. The molecule has 0 heterocycles. The summed E-state index contributed by atoms with van der Waals surface area (Å²) in [6, 6.07) is 8.11. The molecule has 0 saturated heterocycles. The molecule has 0 amide bonds. The quantitative estimate of drug-likeness (QED) is 0.387. The van der Waals surface area contributed by atoms with Crippen molar-refractivity contribution in [2.24, 2.45) is 0 Å². The SMILES string of the molecule is O=C(O)c1cccc([SiH2]O[SiH2]c2cccc(C(=O)O)c2C(=O)O)c1C(=O)O. The summed E-state index contributed by atoms with van der Waals surface area (Å²) in [6.45, 7) is 0. The van der Waals surface area contributed by atoms with Crippen LogP contribution in [0.15, 0.2) is 36.4 Å². The van der Waals surface area contributed by atoms with E-state index in [1.807, 2.05) is 0 Å². The van der Waals surface area contributed by atoms with Crippen molar-refractivity contribution in [3.8, 4) is 0 Å². The van der Waals surface area contributed by atoms with Gasteiger partial charge >= 0.3 is 23.9 Å². The Morgan fingerprint density at radius 1 is 0.630 bits per heavy atom. The minimum Gasteiger partial charge on any atom is -0.478 e. The predicted molar refractivity (Wildman–Crippen MR) is 98.2 cm³/mol. The molecular weight excluding hydrogens is 392 g/mol. The van der Waals surface area contributed by atoms with Gasteiger partial charge in [0.1, 0.15) is 0 Å². The zero-order chi connectivity index (χ0) is 20.1. The van der Waals surface area contributed by atoms with E-state index in [0.717, 1.165) is 0 Å². The van der Waals surface area contributed by atoms with Crippen molar-refractivity contribution in [3.05, 3.63) is 58.7 Å². The number of carbonyl (C=O) groups is 4. The first kappa shape index (κ1) is 20.0. The Morgan fingerprint density at radius 3 is 1.30 bits per heavy atom. The van der Waals surface area contributed by atoms with Crippen LogP contribution in [0.4, 0.5) is 0 Å². The number of hydrogen-bond acceptors (Lipinski definition) is 5. The largest absolute Gasteiger partial charge is 0.478 e. The lowest BCUT2D eigenvalue weighted by molar-refractivity contribution is 0.0652. The molecule has 4 N–H and O–H groups in total. The van der Waals surface area contributed by atoms with E-state index in [9.17, 15) is 29.4 Å². The van der Waals surface area contributed by atoms with E-state index in [2.05, 4.69) is 0 Å². The summed E-state index contributed by atoms with van der Waals surface area (Å²) in [7, 11) is -3.35. The van der Waals surface area contributed by atoms with Gasteiger partial charge in [0.05, 0.1) is 22.3 Å². The summed E-state index contributed by atoms with van der Waals surface area (Å²) in [4.78, 5) is 45.2. The highest BCUT2D eigenvalue weighted by atomic mass is 28.3. The molecule has 0 fully saturated rings. The first-order valence-electron chi connectivity index (χ1n) is 7.48. The molecule has 11 heteroatoms. The Labute approximate surface area is 156 Å². The van der Waals surface area contributed by atoms with Gasteiger partial charge in [0, 0.05) is 0 Å². The summed E-state index contributed by atoms with van der Waals surface area (Å²) in [5.74, 6) is -5.52. The Kier molecular flexibility index (Phi) is 6.23. The maximum Gasteiger partial charge on any atom is 0.336 e. The van der Waals surface area contributed by atoms with E-state index in [1.165, 1.54) is 36.4 Å². The first-order valence-corrected chi connectivity index (χ1v) is 10.1. The number of benzene rings is 2. The molecule has 140 valence electrons. The van der Waals surface area contributed by atoms with Crippen LogP contribution >= 0.6 is 0 Å². The zero-order valence-electron chi connectivity index (χ0n) is 13.7. The summed E-state index contributed by atoms with van der Waals surface area (Å²) in [5, 5.41) is 37.4. The number of rotatable bonds is 8. The van der Waals surface area contributed by atoms with Crippen molar-refractivity contribution >= 4 is 53.8 Å². The van der Waals surface area contributed by atoms with E-state index in [1.54, 1.807) is 0 Å². The van der Waals surface area contributed by atoms with Gasteiger partial charge in [0.25, 0.3) is 0 Å². The van der Waals surface area contributed by atoms with Gasteiger partial charge in [0.2, 0.25) is 0 Å². The van der Waals surface area contributed by atoms with E-state index >= 15 is 0 Å². The van der Waals surface area contributed by atoms with Gasteiger partial charge < -0.3 is 24.5 Å². The number of aromatic carboxylic acids is 4. The zero-order valence-corrected chi connectivity index (χ0v) is 16.5. The topological polar surface area (TPSA) is 158 Å². The van der Waals surface area contributed by atoms with Crippen LogP contribution in [-0.2, 0) is 4.12 Å². The third-order valence-corrected chi connectivity index (χ3v) is 7.14. The smallest absolute Gasteiger partial charge is 0.336 e. The minimum atomic E-state index is -1.68. The fourth-order valence-electron chi connectivity index (χ4n) is 2.57. The second-order valence-corrected chi connectivity index (χ2v) is 9.13. The second kappa shape index (κ2) is 8.40.